The van der Waals surface area contributed by atoms with Crippen LogP contribution in [0.25, 0.3) is 0 Å². The van der Waals surface area contributed by atoms with Crippen LogP contribution < -0.4 is 10.6 Å². The third-order valence-electron chi connectivity index (χ3n) is 8.65. The zero-order valence-corrected chi connectivity index (χ0v) is 21.2. The molecule has 1 spiro atoms. The van der Waals surface area contributed by atoms with Gasteiger partial charge in [0.1, 0.15) is 11.6 Å². The van der Waals surface area contributed by atoms with Gasteiger partial charge in [0, 0.05) is 17.8 Å². The molecule has 7 heteroatoms. The topological polar surface area (TPSA) is 87.7 Å². The van der Waals surface area contributed by atoms with Crippen LogP contribution in [0.2, 0.25) is 0 Å². The Balaban J connectivity index is 1.44. The third kappa shape index (κ3) is 3.88. The first-order valence-corrected chi connectivity index (χ1v) is 13.1. The lowest BCUT2D eigenvalue weighted by Gasteiger charge is -2.36. The molecule has 1 aromatic carbocycles. The van der Waals surface area contributed by atoms with Gasteiger partial charge in [-0.1, -0.05) is 44.4 Å². The SMILES string of the molecule is CC[C@H](C)N1C(=O)[C@H]2[C@H](C(=O)Nc3ccc(C)c(C)c3)[C@H]3C=C[C@@]2(O3)[C@H]1C(=O)NC1CCCCC1. The molecule has 1 aromatic rings. The van der Waals surface area contributed by atoms with Gasteiger partial charge < -0.3 is 20.3 Å². The quantitative estimate of drug-likeness (QED) is 0.610. The average Bonchev–Trinajstić information content (AvgIpc) is 3.49. The van der Waals surface area contributed by atoms with Crippen LogP contribution in [-0.2, 0) is 19.1 Å². The molecule has 1 saturated carbocycles. The van der Waals surface area contributed by atoms with Crippen LogP contribution in [0.4, 0.5) is 5.69 Å². The molecule has 2 saturated heterocycles. The minimum absolute atomic E-state index is 0.132. The van der Waals surface area contributed by atoms with Crippen molar-refractivity contribution in [3.05, 3.63) is 41.5 Å². The molecule has 188 valence electrons. The first kappa shape index (κ1) is 24.0. The standard InChI is InChI=1S/C28H37N3O4/c1-5-18(4)31-24(26(33)29-19-9-7-6-8-10-19)28-14-13-21(35-28)22(23(28)27(31)34)25(32)30-20-12-11-16(2)17(3)15-20/h11-15,18-19,21-24H,5-10H2,1-4H3,(H,29,33)(H,30,32)/t18-,21+,22+,23+,24+,28-/m0/s1. The number of carbonyl (C=O) groups is 3. The van der Waals surface area contributed by atoms with Gasteiger partial charge in [-0.2, -0.15) is 0 Å². The van der Waals surface area contributed by atoms with Crippen molar-refractivity contribution in [2.45, 2.75) is 96.1 Å². The normalized spacial score (nSPS) is 32.6. The van der Waals surface area contributed by atoms with Crippen LogP contribution in [-0.4, -0.2) is 52.5 Å². The van der Waals surface area contributed by atoms with Crippen molar-refractivity contribution in [3.8, 4) is 0 Å². The van der Waals surface area contributed by atoms with Crippen molar-refractivity contribution < 1.29 is 19.1 Å². The number of fused-ring (bicyclic) bond motifs is 1. The number of hydrogen-bond donors (Lipinski definition) is 2. The van der Waals surface area contributed by atoms with Gasteiger partial charge >= 0.3 is 0 Å². The molecule has 0 aromatic heterocycles. The first-order valence-electron chi connectivity index (χ1n) is 13.1. The van der Waals surface area contributed by atoms with Gasteiger partial charge in [0.15, 0.2) is 0 Å². The smallest absolute Gasteiger partial charge is 0.246 e. The lowest BCUT2D eigenvalue weighted by atomic mass is 9.74. The van der Waals surface area contributed by atoms with Gasteiger partial charge in [-0.05, 0) is 63.3 Å². The van der Waals surface area contributed by atoms with Gasteiger partial charge in [0.05, 0.1) is 17.9 Å². The zero-order valence-electron chi connectivity index (χ0n) is 21.2. The van der Waals surface area contributed by atoms with E-state index in [0.717, 1.165) is 36.8 Å². The van der Waals surface area contributed by atoms with E-state index in [-0.39, 0.29) is 29.8 Å². The minimum atomic E-state index is -1.10. The van der Waals surface area contributed by atoms with Gasteiger partial charge in [-0.15, -0.1) is 0 Å². The number of likely N-dealkylation sites (tertiary alicyclic amines) is 1. The molecule has 3 amide bonds. The van der Waals surface area contributed by atoms with E-state index in [4.69, 9.17) is 4.74 Å². The number of benzene rings is 1. The van der Waals surface area contributed by atoms with E-state index >= 15 is 0 Å². The Kier molecular flexibility index (Phi) is 6.24. The van der Waals surface area contributed by atoms with E-state index in [1.807, 2.05) is 58.0 Å². The molecule has 5 rings (SSSR count). The molecule has 6 atom stereocenters. The van der Waals surface area contributed by atoms with Crippen molar-refractivity contribution in [2.75, 3.05) is 5.32 Å². The molecule has 0 unspecified atom stereocenters. The van der Waals surface area contributed by atoms with Crippen molar-refractivity contribution in [1.29, 1.82) is 0 Å². The average molecular weight is 480 g/mol. The van der Waals surface area contributed by atoms with E-state index in [2.05, 4.69) is 10.6 Å². The summed E-state index contributed by atoms with van der Waals surface area (Å²) in [5.41, 5.74) is 1.84. The van der Waals surface area contributed by atoms with Crippen molar-refractivity contribution in [3.63, 3.8) is 0 Å². The monoisotopic (exact) mass is 479 g/mol. The lowest BCUT2D eigenvalue weighted by Crippen LogP contribution is -2.58. The number of ether oxygens (including phenoxy) is 1. The molecule has 3 heterocycles. The van der Waals surface area contributed by atoms with Gasteiger partial charge in [0.2, 0.25) is 17.7 Å². The Bertz CT molecular complexity index is 1060. The van der Waals surface area contributed by atoms with Crippen LogP contribution in [0.1, 0.15) is 63.5 Å². The fourth-order valence-electron chi connectivity index (χ4n) is 6.45. The number of rotatable bonds is 6. The number of anilines is 1. The summed E-state index contributed by atoms with van der Waals surface area (Å²) in [7, 11) is 0. The Hall–Kier alpha value is -2.67. The fourth-order valence-corrected chi connectivity index (χ4v) is 6.45. The van der Waals surface area contributed by atoms with Gasteiger partial charge in [-0.25, -0.2) is 0 Å². The summed E-state index contributed by atoms with van der Waals surface area (Å²) < 4.78 is 6.42. The second kappa shape index (κ2) is 9.08. The minimum Gasteiger partial charge on any atom is -0.359 e. The summed E-state index contributed by atoms with van der Waals surface area (Å²) >= 11 is 0. The van der Waals surface area contributed by atoms with E-state index < -0.39 is 29.6 Å². The molecule has 35 heavy (non-hydrogen) atoms. The molecule has 2 bridgehead atoms. The highest BCUT2D eigenvalue weighted by Crippen LogP contribution is 2.55. The summed E-state index contributed by atoms with van der Waals surface area (Å²) in [4.78, 5) is 42.9. The molecule has 7 nitrogen and oxygen atoms in total. The van der Waals surface area contributed by atoms with E-state index in [9.17, 15) is 14.4 Å². The predicted molar refractivity (Wildman–Crippen MR) is 134 cm³/mol. The van der Waals surface area contributed by atoms with E-state index in [1.165, 1.54) is 6.42 Å². The highest BCUT2D eigenvalue weighted by molar-refractivity contribution is 6.03. The Morgan fingerprint density at radius 2 is 1.89 bits per heavy atom. The van der Waals surface area contributed by atoms with E-state index in [1.54, 1.807) is 4.90 Å². The van der Waals surface area contributed by atoms with Crippen LogP contribution in [0, 0.1) is 25.7 Å². The molecular weight excluding hydrogens is 442 g/mol. The maximum Gasteiger partial charge on any atom is 0.246 e. The van der Waals surface area contributed by atoms with Crippen LogP contribution in [0.5, 0.6) is 0 Å². The highest BCUT2D eigenvalue weighted by Gasteiger charge is 2.73. The Morgan fingerprint density at radius 1 is 1.14 bits per heavy atom. The third-order valence-corrected chi connectivity index (χ3v) is 8.65. The summed E-state index contributed by atoms with van der Waals surface area (Å²) in [6, 6.07) is 5.02. The predicted octanol–water partition coefficient (Wildman–Crippen LogP) is 3.64. The second-order valence-corrected chi connectivity index (χ2v) is 10.8. The highest BCUT2D eigenvalue weighted by atomic mass is 16.5. The maximum atomic E-state index is 13.9. The van der Waals surface area contributed by atoms with Crippen molar-refractivity contribution in [1.82, 2.24) is 10.2 Å². The maximum absolute atomic E-state index is 13.9. The number of nitrogens with one attached hydrogen (secondary N) is 2. The van der Waals surface area contributed by atoms with Crippen LogP contribution in [0.15, 0.2) is 30.4 Å². The Labute approximate surface area is 207 Å². The molecule has 1 aliphatic carbocycles. The van der Waals surface area contributed by atoms with Gasteiger partial charge in [-0.3, -0.25) is 14.4 Å². The molecule has 3 aliphatic heterocycles. The molecular formula is C28H37N3O4. The summed E-state index contributed by atoms with van der Waals surface area (Å²) in [6.07, 6.45) is 9.30. The lowest BCUT2D eigenvalue weighted by molar-refractivity contribution is -0.143. The summed E-state index contributed by atoms with van der Waals surface area (Å²) in [5.74, 6) is -1.93. The van der Waals surface area contributed by atoms with Crippen LogP contribution in [0.3, 0.4) is 0 Å². The van der Waals surface area contributed by atoms with Crippen molar-refractivity contribution in [2.24, 2.45) is 11.8 Å². The first-order chi connectivity index (χ1) is 16.8. The summed E-state index contributed by atoms with van der Waals surface area (Å²) in [6.45, 7) is 8.01. The fraction of sp³-hybridized carbons (Fsp3) is 0.607. The second-order valence-electron chi connectivity index (χ2n) is 10.8. The molecule has 3 fully saturated rings. The number of aryl methyl sites for hydroxylation is 2. The van der Waals surface area contributed by atoms with Crippen LogP contribution >= 0.6 is 0 Å². The number of amides is 3. The zero-order chi connectivity index (χ0) is 24.9. The van der Waals surface area contributed by atoms with Crippen molar-refractivity contribution >= 4 is 23.4 Å². The van der Waals surface area contributed by atoms with E-state index in [0.29, 0.717) is 12.1 Å². The Morgan fingerprint density at radius 3 is 2.57 bits per heavy atom. The number of hydrogen-bond acceptors (Lipinski definition) is 4. The summed E-state index contributed by atoms with van der Waals surface area (Å²) in [5, 5.41) is 6.24. The molecule has 0 radical (unpaired) electrons. The number of nitrogens with zero attached hydrogens (tertiary/aromatic N) is 1. The largest absolute Gasteiger partial charge is 0.359 e. The number of carbonyl (C=O) groups excluding carboxylic acids is 3. The van der Waals surface area contributed by atoms with Gasteiger partial charge in [0.25, 0.3) is 0 Å². The molecule has 2 N–H and O–H groups in total. The molecule has 4 aliphatic rings.